The molecule has 1 atom stereocenters. The van der Waals surface area contributed by atoms with E-state index < -0.39 is 0 Å². The number of para-hydroxylation sites is 1. The average molecular weight is 368 g/mol. The third-order valence-electron chi connectivity index (χ3n) is 5.29. The van der Waals surface area contributed by atoms with Gasteiger partial charge in [0.2, 0.25) is 0 Å². The molecule has 1 amide bonds. The molecule has 144 valence electrons. The predicted molar refractivity (Wildman–Crippen MR) is 108 cm³/mol. The molecule has 1 aliphatic carbocycles. The zero-order valence-electron chi connectivity index (χ0n) is 16.6. The van der Waals surface area contributed by atoms with Crippen LogP contribution in [0.25, 0.3) is 0 Å². The number of nitrogens with one attached hydrogen (secondary N) is 2. The summed E-state index contributed by atoms with van der Waals surface area (Å²) in [5.41, 5.74) is 3.67. The van der Waals surface area contributed by atoms with Crippen LogP contribution in [0.2, 0.25) is 0 Å². The average Bonchev–Trinajstić information content (AvgIpc) is 3.52. The van der Waals surface area contributed by atoms with E-state index in [1.165, 1.54) is 28.9 Å². The molecular formula is C23H31N2O2+. The van der Waals surface area contributed by atoms with Crippen molar-refractivity contribution in [1.29, 1.82) is 0 Å². The molecule has 0 spiro atoms. The number of rotatable bonds is 9. The minimum atomic E-state index is 0.0987. The van der Waals surface area contributed by atoms with Gasteiger partial charge in [0, 0.05) is 30.5 Å². The molecule has 1 unspecified atom stereocenters. The number of methoxy groups -OCH3 is 1. The Morgan fingerprint density at radius 1 is 1.15 bits per heavy atom. The monoisotopic (exact) mass is 367 g/mol. The number of carbonyl (C=O) groups is 1. The summed E-state index contributed by atoms with van der Waals surface area (Å²) in [7, 11) is 1.66. The summed E-state index contributed by atoms with van der Waals surface area (Å²) in [6.07, 6.45) is 2.44. The summed E-state index contributed by atoms with van der Waals surface area (Å²) < 4.78 is 5.36. The van der Waals surface area contributed by atoms with Gasteiger partial charge in [-0.25, -0.2) is 0 Å². The number of carbonyl (C=O) groups excluding carboxylic acids is 1. The molecule has 1 aliphatic rings. The first-order valence-corrected chi connectivity index (χ1v) is 9.89. The maximum Gasteiger partial charge on any atom is 0.275 e. The lowest BCUT2D eigenvalue weighted by Gasteiger charge is -2.19. The van der Waals surface area contributed by atoms with Crippen molar-refractivity contribution in [3.63, 3.8) is 0 Å². The molecule has 3 rings (SSSR count). The van der Waals surface area contributed by atoms with Gasteiger partial charge >= 0.3 is 0 Å². The molecule has 4 heteroatoms. The van der Waals surface area contributed by atoms with Crippen LogP contribution in [0.4, 0.5) is 0 Å². The topological polar surface area (TPSA) is 42.8 Å². The second-order valence-corrected chi connectivity index (χ2v) is 7.77. The van der Waals surface area contributed by atoms with E-state index in [0.29, 0.717) is 25.0 Å². The first kappa shape index (κ1) is 19.4. The van der Waals surface area contributed by atoms with E-state index in [1.54, 1.807) is 7.11 Å². The van der Waals surface area contributed by atoms with Gasteiger partial charge in [-0.1, -0.05) is 56.3 Å². The van der Waals surface area contributed by atoms with Crippen molar-refractivity contribution in [3.8, 4) is 5.75 Å². The first-order valence-electron chi connectivity index (χ1n) is 9.89. The highest BCUT2D eigenvalue weighted by molar-refractivity contribution is 5.76. The molecular weight excluding hydrogens is 336 g/mol. The fourth-order valence-corrected chi connectivity index (χ4v) is 3.44. The molecule has 1 saturated carbocycles. The van der Waals surface area contributed by atoms with Crippen molar-refractivity contribution in [3.05, 3.63) is 65.2 Å². The Kier molecular flexibility index (Phi) is 6.51. The van der Waals surface area contributed by atoms with Crippen molar-refractivity contribution < 1.29 is 14.4 Å². The van der Waals surface area contributed by atoms with Crippen LogP contribution in [0.5, 0.6) is 5.75 Å². The zero-order chi connectivity index (χ0) is 19.2. The number of quaternary nitrogens is 1. The van der Waals surface area contributed by atoms with Gasteiger partial charge in [-0.3, -0.25) is 4.79 Å². The summed E-state index contributed by atoms with van der Waals surface area (Å²) >= 11 is 0. The van der Waals surface area contributed by atoms with Crippen molar-refractivity contribution in [2.45, 2.75) is 51.7 Å². The molecule has 0 bridgehead atoms. The third-order valence-corrected chi connectivity index (χ3v) is 5.29. The van der Waals surface area contributed by atoms with Crippen LogP contribution in [-0.2, 0) is 17.9 Å². The van der Waals surface area contributed by atoms with E-state index >= 15 is 0 Å². The van der Waals surface area contributed by atoms with Gasteiger partial charge in [-0.2, -0.15) is 0 Å². The number of benzene rings is 2. The van der Waals surface area contributed by atoms with Crippen molar-refractivity contribution >= 4 is 5.91 Å². The van der Waals surface area contributed by atoms with Gasteiger partial charge in [0.1, 0.15) is 12.3 Å². The number of ether oxygens (including phenoxy) is 1. The summed E-state index contributed by atoms with van der Waals surface area (Å²) in [6, 6.07) is 17.3. The predicted octanol–water partition coefficient (Wildman–Crippen LogP) is 2.68. The lowest BCUT2D eigenvalue weighted by atomic mass is 10.0. The van der Waals surface area contributed by atoms with E-state index in [9.17, 15) is 4.79 Å². The smallest absolute Gasteiger partial charge is 0.275 e. The molecule has 1 fully saturated rings. The standard InChI is InChI=1S/C23H30N2O2/c1-17(2)19-10-8-18(9-11-19)15-25(21-12-13-21)16-23(26)24-14-20-6-4-5-7-22(20)27-3/h4-11,17,21H,12-16H2,1-3H3,(H,24,26)/p+1. The first-order chi connectivity index (χ1) is 13.1. The highest BCUT2D eigenvalue weighted by Gasteiger charge is 2.34. The van der Waals surface area contributed by atoms with Gasteiger partial charge in [0.25, 0.3) is 5.91 Å². The van der Waals surface area contributed by atoms with Crippen molar-refractivity contribution in [2.75, 3.05) is 13.7 Å². The van der Waals surface area contributed by atoms with Gasteiger partial charge in [0.15, 0.2) is 6.54 Å². The van der Waals surface area contributed by atoms with Crippen LogP contribution in [0.15, 0.2) is 48.5 Å². The van der Waals surface area contributed by atoms with Crippen LogP contribution in [0.3, 0.4) is 0 Å². The number of amides is 1. The second-order valence-electron chi connectivity index (χ2n) is 7.77. The van der Waals surface area contributed by atoms with Crippen LogP contribution in [-0.4, -0.2) is 25.6 Å². The summed E-state index contributed by atoms with van der Waals surface area (Å²) in [6.45, 7) is 6.35. The Hall–Kier alpha value is -2.33. The molecule has 2 N–H and O–H groups in total. The Balaban J connectivity index is 1.55. The number of hydrogen-bond acceptors (Lipinski definition) is 2. The maximum absolute atomic E-state index is 12.5. The number of hydrogen-bond donors (Lipinski definition) is 2. The van der Waals surface area contributed by atoms with E-state index in [4.69, 9.17) is 4.74 Å². The largest absolute Gasteiger partial charge is 0.496 e. The van der Waals surface area contributed by atoms with Gasteiger partial charge < -0.3 is 15.0 Å². The highest BCUT2D eigenvalue weighted by atomic mass is 16.5. The lowest BCUT2D eigenvalue weighted by Crippen LogP contribution is -3.13. The Morgan fingerprint density at radius 2 is 1.85 bits per heavy atom. The summed E-state index contributed by atoms with van der Waals surface area (Å²) in [4.78, 5) is 13.9. The third kappa shape index (κ3) is 5.57. The Bertz CT molecular complexity index is 751. The van der Waals surface area contributed by atoms with E-state index in [2.05, 4.69) is 43.4 Å². The molecule has 2 aromatic rings. The second kappa shape index (κ2) is 9.05. The molecule has 0 heterocycles. The van der Waals surface area contributed by atoms with Crippen LogP contribution in [0.1, 0.15) is 49.3 Å². The molecule has 0 saturated heterocycles. The van der Waals surface area contributed by atoms with Crippen LogP contribution >= 0.6 is 0 Å². The van der Waals surface area contributed by atoms with Gasteiger partial charge in [-0.05, 0) is 17.5 Å². The summed E-state index contributed by atoms with van der Waals surface area (Å²) in [5.74, 6) is 1.46. The molecule has 27 heavy (non-hydrogen) atoms. The van der Waals surface area contributed by atoms with E-state index in [1.807, 2.05) is 24.3 Å². The quantitative estimate of drug-likeness (QED) is 0.716. The van der Waals surface area contributed by atoms with Gasteiger partial charge in [-0.15, -0.1) is 0 Å². The fraction of sp³-hybridized carbons (Fsp3) is 0.435. The van der Waals surface area contributed by atoms with Crippen LogP contribution < -0.4 is 15.0 Å². The lowest BCUT2D eigenvalue weighted by molar-refractivity contribution is -0.917. The Morgan fingerprint density at radius 3 is 2.48 bits per heavy atom. The summed E-state index contributed by atoms with van der Waals surface area (Å²) in [5, 5.41) is 3.06. The molecule has 4 nitrogen and oxygen atoms in total. The van der Waals surface area contributed by atoms with Crippen LogP contribution in [0, 0.1) is 0 Å². The van der Waals surface area contributed by atoms with E-state index in [-0.39, 0.29) is 5.91 Å². The normalized spacial score (nSPS) is 14.8. The molecule has 0 radical (unpaired) electrons. The fourth-order valence-electron chi connectivity index (χ4n) is 3.44. The highest BCUT2D eigenvalue weighted by Crippen LogP contribution is 2.18. The molecule has 0 aromatic heterocycles. The van der Waals surface area contributed by atoms with Crippen molar-refractivity contribution in [2.24, 2.45) is 0 Å². The van der Waals surface area contributed by atoms with Crippen molar-refractivity contribution in [1.82, 2.24) is 5.32 Å². The van der Waals surface area contributed by atoms with Gasteiger partial charge in [0.05, 0.1) is 13.2 Å². The SMILES string of the molecule is COc1ccccc1CNC(=O)C[NH+](Cc1ccc(C(C)C)cc1)C1CC1. The maximum atomic E-state index is 12.5. The zero-order valence-corrected chi connectivity index (χ0v) is 16.6. The minimum absolute atomic E-state index is 0.0987. The Labute approximate surface area is 162 Å². The molecule has 2 aromatic carbocycles. The van der Waals surface area contributed by atoms with E-state index in [0.717, 1.165) is 17.9 Å². The molecule has 0 aliphatic heterocycles. The minimum Gasteiger partial charge on any atom is -0.496 e.